The van der Waals surface area contributed by atoms with Crippen LogP contribution in [0.4, 0.5) is 0 Å². The SMILES string of the molecule is C=C1C[C@@H](OCC)[C@@H](c2ccccc2)N2[C@@H]1N(C)C(=O)c1c(OC)c(=O)ccn12. The molecule has 0 N–H and O–H groups in total. The zero-order chi connectivity index (χ0) is 20.7. The van der Waals surface area contributed by atoms with Crippen molar-refractivity contribution in [2.75, 3.05) is 25.8 Å². The summed E-state index contributed by atoms with van der Waals surface area (Å²) in [5.41, 5.74) is 1.83. The molecular weight excluding hydrogens is 370 g/mol. The molecule has 1 aromatic carbocycles. The summed E-state index contributed by atoms with van der Waals surface area (Å²) in [6.45, 7) is 6.79. The Kier molecular flexibility index (Phi) is 4.92. The number of hydrogen-bond acceptors (Lipinski definition) is 5. The molecule has 3 heterocycles. The maximum Gasteiger partial charge on any atom is 0.278 e. The molecule has 0 saturated carbocycles. The molecule has 4 rings (SSSR count). The molecule has 1 amide bonds. The molecule has 0 spiro atoms. The summed E-state index contributed by atoms with van der Waals surface area (Å²) >= 11 is 0. The molecule has 0 bridgehead atoms. The van der Waals surface area contributed by atoms with Gasteiger partial charge in [0.1, 0.15) is 6.17 Å². The minimum atomic E-state index is -0.357. The van der Waals surface area contributed by atoms with Crippen molar-refractivity contribution in [1.82, 2.24) is 9.58 Å². The lowest BCUT2D eigenvalue weighted by atomic mass is 9.88. The van der Waals surface area contributed by atoms with Gasteiger partial charge in [-0.1, -0.05) is 36.9 Å². The van der Waals surface area contributed by atoms with E-state index in [1.165, 1.54) is 13.2 Å². The summed E-state index contributed by atoms with van der Waals surface area (Å²) in [6.07, 6.45) is 1.77. The fourth-order valence-corrected chi connectivity index (χ4v) is 4.44. The summed E-state index contributed by atoms with van der Waals surface area (Å²) in [5, 5.41) is 2.07. The Labute approximate surface area is 169 Å². The van der Waals surface area contributed by atoms with E-state index in [1.54, 1.807) is 22.8 Å². The highest BCUT2D eigenvalue weighted by molar-refractivity contribution is 5.96. The Balaban J connectivity index is 1.98. The molecule has 2 aliphatic rings. The Morgan fingerprint density at radius 2 is 1.90 bits per heavy atom. The molecule has 7 nitrogen and oxygen atoms in total. The van der Waals surface area contributed by atoms with E-state index >= 15 is 0 Å². The van der Waals surface area contributed by atoms with E-state index in [-0.39, 0.29) is 41.1 Å². The predicted molar refractivity (Wildman–Crippen MR) is 110 cm³/mol. The number of benzene rings is 1. The average Bonchev–Trinajstić information content (AvgIpc) is 2.72. The summed E-state index contributed by atoms with van der Waals surface area (Å²) in [4.78, 5) is 27.2. The van der Waals surface area contributed by atoms with Gasteiger partial charge >= 0.3 is 0 Å². The molecular formula is C22H25N3O4. The molecule has 1 fully saturated rings. The van der Waals surface area contributed by atoms with Gasteiger partial charge in [-0.3, -0.25) is 19.3 Å². The van der Waals surface area contributed by atoms with Crippen molar-refractivity contribution in [2.24, 2.45) is 0 Å². The maximum atomic E-state index is 13.2. The van der Waals surface area contributed by atoms with Crippen molar-refractivity contribution in [3.8, 4) is 5.75 Å². The first-order valence-corrected chi connectivity index (χ1v) is 9.69. The van der Waals surface area contributed by atoms with Crippen LogP contribution in [0.1, 0.15) is 35.4 Å². The second-order valence-corrected chi connectivity index (χ2v) is 7.29. The largest absolute Gasteiger partial charge is 0.491 e. The molecule has 2 aliphatic heterocycles. The molecule has 0 aliphatic carbocycles. The average molecular weight is 395 g/mol. The maximum absolute atomic E-state index is 13.2. The lowest BCUT2D eigenvalue weighted by Gasteiger charge is -2.54. The van der Waals surface area contributed by atoms with E-state index in [0.717, 1.165) is 11.1 Å². The third-order valence-electron chi connectivity index (χ3n) is 5.62. The molecule has 1 aromatic heterocycles. The molecule has 0 unspecified atom stereocenters. The predicted octanol–water partition coefficient (Wildman–Crippen LogP) is 2.31. The fraction of sp³-hybridized carbons (Fsp3) is 0.364. The highest BCUT2D eigenvalue weighted by Gasteiger charge is 2.48. The second-order valence-electron chi connectivity index (χ2n) is 7.29. The van der Waals surface area contributed by atoms with Crippen LogP contribution >= 0.6 is 0 Å². The molecule has 152 valence electrons. The van der Waals surface area contributed by atoms with Crippen LogP contribution in [0.25, 0.3) is 0 Å². The zero-order valence-electron chi connectivity index (χ0n) is 16.9. The van der Waals surface area contributed by atoms with Gasteiger partial charge in [0.2, 0.25) is 5.43 Å². The van der Waals surface area contributed by atoms with Crippen LogP contribution in [0.2, 0.25) is 0 Å². The van der Waals surface area contributed by atoms with Gasteiger partial charge in [0.05, 0.1) is 19.3 Å². The number of ether oxygens (including phenoxy) is 2. The standard InChI is InChI=1S/C22H25N3O4/c1-5-29-17-13-14(2)21-23(3)22(27)19-20(28-4)16(26)11-12-24(19)25(21)18(17)15-9-7-6-8-10-15/h6-12,17-18,21H,2,5,13H2,1,3-4H3/t17-,18-,21+/m1/s1. The zero-order valence-corrected chi connectivity index (χ0v) is 16.9. The van der Waals surface area contributed by atoms with Crippen molar-refractivity contribution in [1.29, 1.82) is 0 Å². The number of aromatic nitrogens is 1. The van der Waals surface area contributed by atoms with Gasteiger partial charge in [-0.25, -0.2) is 0 Å². The van der Waals surface area contributed by atoms with E-state index in [4.69, 9.17) is 9.47 Å². The highest BCUT2D eigenvalue weighted by Crippen LogP contribution is 2.41. The van der Waals surface area contributed by atoms with E-state index in [0.29, 0.717) is 13.0 Å². The lowest BCUT2D eigenvalue weighted by molar-refractivity contribution is 0.00481. The fourth-order valence-electron chi connectivity index (χ4n) is 4.44. The third kappa shape index (κ3) is 2.93. The minimum absolute atomic E-state index is 0.0405. The third-order valence-corrected chi connectivity index (χ3v) is 5.62. The topological polar surface area (TPSA) is 64.0 Å². The van der Waals surface area contributed by atoms with E-state index in [2.05, 4.69) is 23.7 Å². The van der Waals surface area contributed by atoms with Crippen molar-refractivity contribution in [3.63, 3.8) is 0 Å². The van der Waals surface area contributed by atoms with Crippen LogP contribution in [-0.2, 0) is 4.74 Å². The van der Waals surface area contributed by atoms with Gasteiger partial charge < -0.3 is 14.4 Å². The summed E-state index contributed by atoms with van der Waals surface area (Å²) in [5.74, 6) is -0.234. The first-order chi connectivity index (χ1) is 14.0. The Bertz CT molecular complexity index is 1000. The van der Waals surface area contributed by atoms with Gasteiger partial charge in [0, 0.05) is 32.3 Å². The van der Waals surface area contributed by atoms with Crippen molar-refractivity contribution in [2.45, 2.75) is 31.7 Å². The smallest absolute Gasteiger partial charge is 0.278 e. The number of fused-ring (bicyclic) bond motifs is 3. The molecule has 2 aromatic rings. The molecule has 3 atom stereocenters. The van der Waals surface area contributed by atoms with Crippen molar-refractivity contribution < 1.29 is 14.3 Å². The normalized spacial score (nSPS) is 23.6. The first kappa shape index (κ1) is 19.3. The van der Waals surface area contributed by atoms with Crippen LogP contribution < -0.4 is 15.2 Å². The monoisotopic (exact) mass is 395 g/mol. The number of carbonyl (C=O) groups is 1. The van der Waals surface area contributed by atoms with Gasteiger partial charge in [0.25, 0.3) is 5.91 Å². The summed E-state index contributed by atoms with van der Waals surface area (Å²) < 4.78 is 13.2. The Morgan fingerprint density at radius 1 is 1.17 bits per heavy atom. The summed E-state index contributed by atoms with van der Waals surface area (Å²) in [6, 6.07) is 11.3. The minimum Gasteiger partial charge on any atom is -0.491 e. The Morgan fingerprint density at radius 3 is 2.55 bits per heavy atom. The van der Waals surface area contributed by atoms with Gasteiger partial charge in [-0.05, 0) is 18.1 Å². The number of pyridine rings is 1. The van der Waals surface area contributed by atoms with E-state index < -0.39 is 0 Å². The Hall–Kier alpha value is -3.06. The van der Waals surface area contributed by atoms with Gasteiger partial charge in [-0.2, -0.15) is 0 Å². The number of nitrogens with zero attached hydrogens (tertiary/aromatic N) is 3. The van der Waals surface area contributed by atoms with Crippen LogP contribution in [0, 0.1) is 0 Å². The highest BCUT2D eigenvalue weighted by atomic mass is 16.5. The van der Waals surface area contributed by atoms with Crippen molar-refractivity contribution in [3.05, 3.63) is 76.2 Å². The number of amides is 1. The number of carbonyl (C=O) groups excluding carboxylic acids is 1. The van der Waals surface area contributed by atoms with Crippen LogP contribution in [0.15, 0.2) is 59.5 Å². The number of methoxy groups -OCH3 is 1. The number of rotatable bonds is 4. The molecule has 1 saturated heterocycles. The summed E-state index contributed by atoms with van der Waals surface area (Å²) in [7, 11) is 3.14. The number of piperidine rings is 1. The van der Waals surface area contributed by atoms with E-state index in [1.807, 2.05) is 25.1 Å². The molecule has 0 radical (unpaired) electrons. The second kappa shape index (κ2) is 7.40. The van der Waals surface area contributed by atoms with E-state index in [9.17, 15) is 9.59 Å². The number of hydrogen-bond donors (Lipinski definition) is 0. The van der Waals surface area contributed by atoms with Gasteiger partial charge in [-0.15, -0.1) is 0 Å². The van der Waals surface area contributed by atoms with Gasteiger partial charge in [0.15, 0.2) is 11.4 Å². The van der Waals surface area contributed by atoms with Crippen LogP contribution in [-0.4, -0.2) is 48.5 Å². The van der Waals surface area contributed by atoms with Crippen molar-refractivity contribution >= 4 is 5.91 Å². The van der Waals surface area contributed by atoms with Crippen LogP contribution in [0.3, 0.4) is 0 Å². The molecule has 29 heavy (non-hydrogen) atoms. The first-order valence-electron chi connectivity index (χ1n) is 9.69. The number of likely N-dealkylation sites (N-methyl/N-ethyl adjacent to an activating group) is 1. The van der Waals surface area contributed by atoms with Crippen LogP contribution in [0.5, 0.6) is 5.75 Å². The quantitative estimate of drug-likeness (QED) is 0.744. The molecule has 7 heteroatoms. The lowest BCUT2D eigenvalue weighted by Crippen LogP contribution is -2.66.